The lowest BCUT2D eigenvalue weighted by Gasteiger charge is -2.34. The predicted octanol–water partition coefficient (Wildman–Crippen LogP) is 8.53. The van der Waals surface area contributed by atoms with Gasteiger partial charge in [-0.25, -0.2) is 0 Å². The van der Waals surface area contributed by atoms with Crippen molar-refractivity contribution >= 4 is 5.91 Å². The van der Waals surface area contributed by atoms with Gasteiger partial charge in [0.05, 0.1) is 0 Å². The van der Waals surface area contributed by atoms with Gasteiger partial charge in [0.1, 0.15) is 0 Å². The van der Waals surface area contributed by atoms with Crippen molar-refractivity contribution in [1.29, 1.82) is 0 Å². The van der Waals surface area contributed by atoms with Gasteiger partial charge in [-0.2, -0.15) is 0 Å². The minimum atomic E-state index is 0.0552. The summed E-state index contributed by atoms with van der Waals surface area (Å²) in [6, 6.07) is 0.212. The van der Waals surface area contributed by atoms with Crippen LogP contribution in [0.3, 0.4) is 0 Å². The second-order valence-electron chi connectivity index (χ2n) is 11.2. The SMILES string of the molecule is CC.CC(C)C.CC(C)C1=C(C(C)C)C(C(C)C)=C(C(C)(C)C)CN(C(C)C)C1=O. The maximum absolute atomic E-state index is 13.4. The third kappa shape index (κ3) is 8.98. The molecule has 0 aromatic carbocycles. The molecule has 0 aromatic rings. The van der Waals surface area contributed by atoms with Crippen LogP contribution in [-0.2, 0) is 4.79 Å². The van der Waals surface area contributed by atoms with Crippen LogP contribution in [0.25, 0.3) is 0 Å². The molecular formula is C28H55NO. The monoisotopic (exact) mass is 421 g/mol. The van der Waals surface area contributed by atoms with Crippen LogP contribution in [0, 0.1) is 29.1 Å². The molecule has 0 radical (unpaired) electrons. The van der Waals surface area contributed by atoms with Crippen molar-refractivity contribution in [2.24, 2.45) is 29.1 Å². The van der Waals surface area contributed by atoms with Gasteiger partial charge in [0, 0.05) is 18.2 Å². The van der Waals surface area contributed by atoms with Crippen LogP contribution in [-0.4, -0.2) is 23.4 Å². The smallest absolute Gasteiger partial charge is 0.250 e. The molecule has 0 N–H and O–H groups in total. The quantitative estimate of drug-likeness (QED) is 0.445. The van der Waals surface area contributed by atoms with E-state index in [0.717, 1.165) is 18.0 Å². The largest absolute Gasteiger partial charge is 0.332 e. The molecule has 0 saturated heterocycles. The average Bonchev–Trinajstić information content (AvgIpc) is 2.70. The maximum Gasteiger partial charge on any atom is 0.250 e. The van der Waals surface area contributed by atoms with Gasteiger partial charge in [-0.3, -0.25) is 4.79 Å². The van der Waals surface area contributed by atoms with Gasteiger partial charge in [0.2, 0.25) is 0 Å². The molecule has 1 amide bonds. The Morgan fingerprint density at radius 3 is 1.23 bits per heavy atom. The number of hydrogen-bond acceptors (Lipinski definition) is 1. The molecule has 2 nitrogen and oxygen atoms in total. The minimum Gasteiger partial charge on any atom is -0.332 e. The van der Waals surface area contributed by atoms with E-state index in [1.54, 1.807) is 0 Å². The lowest BCUT2D eigenvalue weighted by Crippen LogP contribution is -2.41. The lowest BCUT2D eigenvalue weighted by atomic mass is 9.74. The molecular weight excluding hydrogens is 366 g/mol. The summed E-state index contributed by atoms with van der Waals surface area (Å²) < 4.78 is 0. The van der Waals surface area contributed by atoms with E-state index in [0.29, 0.717) is 11.8 Å². The molecule has 0 spiro atoms. The van der Waals surface area contributed by atoms with E-state index in [1.807, 2.05) is 13.8 Å². The lowest BCUT2D eigenvalue weighted by molar-refractivity contribution is -0.128. The van der Waals surface area contributed by atoms with Crippen LogP contribution in [0.2, 0.25) is 0 Å². The number of carbonyl (C=O) groups is 1. The first-order valence-corrected chi connectivity index (χ1v) is 12.3. The zero-order valence-corrected chi connectivity index (χ0v) is 23.4. The van der Waals surface area contributed by atoms with E-state index in [-0.39, 0.29) is 23.3 Å². The second kappa shape index (κ2) is 13.4. The van der Waals surface area contributed by atoms with E-state index in [4.69, 9.17) is 0 Å². The van der Waals surface area contributed by atoms with Crippen LogP contribution in [0.15, 0.2) is 22.3 Å². The highest BCUT2D eigenvalue weighted by Crippen LogP contribution is 2.42. The summed E-state index contributed by atoms with van der Waals surface area (Å²) in [6.07, 6.45) is 0. The molecule has 1 rings (SSSR count). The van der Waals surface area contributed by atoms with Gasteiger partial charge < -0.3 is 4.90 Å². The first-order valence-electron chi connectivity index (χ1n) is 12.3. The fraction of sp³-hybridized carbons (Fsp3) is 0.821. The Labute approximate surface area is 190 Å². The van der Waals surface area contributed by atoms with Crippen molar-refractivity contribution in [3.05, 3.63) is 22.3 Å². The summed E-state index contributed by atoms with van der Waals surface area (Å²) in [6.45, 7) is 35.7. The Hall–Kier alpha value is -1.05. The van der Waals surface area contributed by atoms with Gasteiger partial charge in [-0.05, 0) is 59.7 Å². The van der Waals surface area contributed by atoms with Gasteiger partial charge in [0.15, 0.2) is 0 Å². The normalized spacial score (nSPS) is 15.8. The fourth-order valence-electron chi connectivity index (χ4n) is 3.80. The first kappa shape index (κ1) is 31.1. The zero-order valence-electron chi connectivity index (χ0n) is 23.4. The Morgan fingerprint density at radius 2 is 1.00 bits per heavy atom. The molecule has 0 unspecified atom stereocenters. The van der Waals surface area contributed by atoms with Gasteiger partial charge >= 0.3 is 0 Å². The topological polar surface area (TPSA) is 20.3 Å². The zero-order chi connectivity index (χ0) is 24.6. The summed E-state index contributed by atoms with van der Waals surface area (Å²) in [5, 5.41) is 0. The van der Waals surface area contributed by atoms with E-state index in [1.165, 1.54) is 16.7 Å². The Kier molecular flexibility index (Phi) is 13.9. The van der Waals surface area contributed by atoms with Crippen LogP contribution < -0.4 is 0 Å². The second-order valence-corrected chi connectivity index (χ2v) is 11.2. The average molecular weight is 422 g/mol. The fourth-order valence-corrected chi connectivity index (χ4v) is 3.80. The Balaban J connectivity index is 0. The van der Waals surface area contributed by atoms with Gasteiger partial charge in [-0.15, -0.1) is 0 Å². The number of hydrogen-bond donors (Lipinski definition) is 0. The van der Waals surface area contributed by atoms with E-state index < -0.39 is 0 Å². The predicted molar refractivity (Wildman–Crippen MR) is 137 cm³/mol. The number of rotatable bonds is 4. The van der Waals surface area contributed by atoms with Crippen LogP contribution in [0.4, 0.5) is 0 Å². The van der Waals surface area contributed by atoms with Crippen molar-refractivity contribution < 1.29 is 4.79 Å². The molecule has 0 aliphatic carbocycles. The molecule has 0 atom stereocenters. The van der Waals surface area contributed by atoms with Gasteiger partial charge in [0.25, 0.3) is 5.91 Å². The highest BCUT2D eigenvalue weighted by atomic mass is 16.2. The summed E-state index contributed by atoms with van der Waals surface area (Å²) in [7, 11) is 0. The standard InChI is InChI=1S/C22H39NO.C4H10.C2H6/c1-13(2)18-17(22(9,10)11)12-23(16(7)8)21(24)20(15(5)6)19(18)14(3)4;1-4(2)3;1-2/h13-16H,12H2,1-11H3;4H,1-3H3;1-2H3. The van der Waals surface area contributed by atoms with Crippen LogP contribution >= 0.6 is 0 Å². The Morgan fingerprint density at radius 1 is 0.667 bits per heavy atom. The highest BCUT2D eigenvalue weighted by molar-refractivity contribution is 5.96. The van der Waals surface area contributed by atoms with E-state index >= 15 is 0 Å². The summed E-state index contributed by atoms with van der Waals surface area (Å²) >= 11 is 0. The highest BCUT2D eigenvalue weighted by Gasteiger charge is 2.37. The summed E-state index contributed by atoms with van der Waals surface area (Å²) in [5.74, 6) is 2.09. The molecule has 0 aromatic heterocycles. The van der Waals surface area contributed by atoms with Crippen molar-refractivity contribution in [3.63, 3.8) is 0 Å². The van der Waals surface area contributed by atoms with Crippen LogP contribution in [0.5, 0.6) is 0 Å². The molecule has 30 heavy (non-hydrogen) atoms. The molecule has 1 heterocycles. The molecule has 0 saturated carbocycles. The molecule has 2 heteroatoms. The Bertz CT molecular complexity index is 577. The minimum absolute atomic E-state index is 0.0552. The van der Waals surface area contributed by atoms with E-state index in [9.17, 15) is 4.79 Å². The first-order chi connectivity index (χ1) is 13.5. The van der Waals surface area contributed by atoms with Crippen LogP contribution in [0.1, 0.15) is 111 Å². The van der Waals surface area contributed by atoms with Crippen molar-refractivity contribution in [2.75, 3.05) is 6.54 Å². The molecule has 1 aliphatic heterocycles. The van der Waals surface area contributed by atoms with E-state index in [2.05, 4.69) is 102 Å². The van der Waals surface area contributed by atoms with Crippen molar-refractivity contribution in [2.45, 2.75) is 117 Å². The molecule has 0 fully saturated rings. The number of allylic oxidation sites excluding steroid dienone is 2. The van der Waals surface area contributed by atoms with Crippen molar-refractivity contribution in [1.82, 2.24) is 4.90 Å². The number of amides is 1. The molecule has 0 bridgehead atoms. The number of nitrogens with zero attached hydrogens (tertiary/aromatic N) is 1. The summed E-state index contributed by atoms with van der Waals surface area (Å²) in [5.41, 5.74) is 5.25. The van der Waals surface area contributed by atoms with Crippen molar-refractivity contribution in [3.8, 4) is 0 Å². The number of carbonyl (C=O) groups excluding carboxylic acids is 1. The van der Waals surface area contributed by atoms with Gasteiger partial charge in [-0.1, -0.05) is 96.9 Å². The third-order valence-corrected chi connectivity index (χ3v) is 4.99. The maximum atomic E-state index is 13.4. The third-order valence-electron chi connectivity index (χ3n) is 4.99. The molecule has 1 aliphatic rings. The molecule has 178 valence electrons. The summed E-state index contributed by atoms with van der Waals surface area (Å²) in [4.78, 5) is 15.5.